The molecule has 0 aromatic rings. The fourth-order valence-corrected chi connectivity index (χ4v) is 2.59. The van der Waals surface area contributed by atoms with Crippen LogP contribution < -0.4 is 0 Å². The molecular formula is C13H23N. The Morgan fingerprint density at radius 3 is 2.36 bits per heavy atom. The maximum atomic E-state index is 8.39. The first-order valence-electron chi connectivity index (χ1n) is 6.14. The van der Waals surface area contributed by atoms with E-state index in [-0.39, 0.29) is 0 Å². The molecule has 0 saturated heterocycles. The van der Waals surface area contributed by atoms with E-state index < -0.39 is 0 Å². The van der Waals surface area contributed by atoms with E-state index in [4.69, 9.17) is 5.26 Å². The Labute approximate surface area is 88.5 Å². The lowest BCUT2D eigenvalue weighted by atomic mass is 9.83. The molecule has 0 aliphatic heterocycles. The Hall–Kier alpha value is -0.510. The van der Waals surface area contributed by atoms with Crippen LogP contribution in [0.5, 0.6) is 0 Å². The summed E-state index contributed by atoms with van der Waals surface area (Å²) in [4.78, 5) is 0. The van der Waals surface area contributed by atoms with E-state index in [0.29, 0.717) is 5.41 Å². The standard InChI is InChI=1S/C13H23N/c1-13(10-6-7-11-13)9-5-3-2-4-8-12-14/h2-11H2,1H3. The lowest BCUT2D eigenvalue weighted by molar-refractivity contribution is 0.294. The molecule has 1 aliphatic carbocycles. The van der Waals surface area contributed by atoms with Crippen LogP contribution in [0.2, 0.25) is 0 Å². The van der Waals surface area contributed by atoms with Crippen LogP contribution in [0.15, 0.2) is 0 Å². The highest BCUT2D eigenvalue weighted by Gasteiger charge is 2.27. The molecule has 0 spiro atoms. The van der Waals surface area contributed by atoms with Crippen LogP contribution in [0.1, 0.15) is 71.1 Å². The quantitative estimate of drug-likeness (QED) is 0.572. The molecule has 1 rings (SSSR count). The molecule has 1 aliphatic rings. The molecule has 0 amide bonds. The molecule has 0 aromatic heterocycles. The molecule has 0 heterocycles. The van der Waals surface area contributed by atoms with Crippen molar-refractivity contribution in [3.05, 3.63) is 0 Å². The summed E-state index contributed by atoms with van der Waals surface area (Å²) >= 11 is 0. The third-order valence-electron chi connectivity index (χ3n) is 3.63. The zero-order valence-corrected chi connectivity index (χ0v) is 9.52. The molecule has 0 N–H and O–H groups in total. The van der Waals surface area contributed by atoms with Gasteiger partial charge in [-0.05, 0) is 31.1 Å². The van der Waals surface area contributed by atoms with Crippen LogP contribution in [-0.4, -0.2) is 0 Å². The Morgan fingerprint density at radius 2 is 1.71 bits per heavy atom. The zero-order valence-electron chi connectivity index (χ0n) is 9.52. The van der Waals surface area contributed by atoms with Gasteiger partial charge in [0.15, 0.2) is 0 Å². The lowest BCUT2D eigenvalue weighted by Crippen LogP contribution is -2.10. The first-order chi connectivity index (χ1) is 6.77. The van der Waals surface area contributed by atoms with Crippen LogP contribution in [-0.2, 0) is 0 Å². The highest BCUT2D eigenvalue weighted by atomic mass is 14.3. The fourth-order valence-electron chi connectivity index (χ4n) is 2.59. The molecule has 0 unspecified atom stereocenters. The number of hydrogen-bond acceptors (Lipinski definition) is 1. The van der Waals surface area contributed by atoms with Crippen molar-refractivity contribution >= 4 is 0 Å². The van der Waals surface area contributed by atoms with Crippen molar-refractivity contribution in [2.75, 3.05) is 0 Å². The average Bonchev–Trinajstić information content (AvgIpc) is 2.59. The van der Waals surface area contributed by atoms with Crippen molar-refractivity contribution < 1.29 is 0 Å². The Balaban J connectivity index is 1.96. The van der Waals surface area contributed by atoms with E-state index >= 15 is 0 Å². The predicted molar refractivity (Wildman–Crippen MR) is 59.9 cm³/mol. The SMILES string of the molecule is CC1(CCCCCCC#N)CCCC1. The molecule has 1 fully saturated rings. The normalized spacial score (nSPS) is 19.4. The molecule has 14 heavy (non-hydrogen) atoms. The van der Waals surface area contributed by atoms with Crippen LogP contribution in [0, 0.1) is 16.7 Å². The number of nitriles is 1. The van der Waals surface area contributed by atoms with Crippen molar-refractivity contribution in [2.24, 2.45) is 5.41 Å². The van der Waals surface area contributed by atoms with Gasteiger partial charge in [0.25, 0.3) is 0 Å². The minimum atomic E-state index is 0.676. The molecule has 1 heteroatoms. The van der Waals surface area contributed by atoms with Crippen molar-refractivity contribution in [1.29, 1.82) is 5.26 Å². The molecule has 0 atom stereocenters. The minimum absolute atomic E-state index is 0.676. The minimum Gasteiger partial charge on any atom is -0.198 e. The van der Waals surface area contributed by atoms with Gasteiger partial charge in [-0.3, -0.25) is 0 Å². The van der Waals surface area contributed by atoms with Gasteiger partial charge in [0.2, 0.25) is 0 Å². The van der Waals surface area contributed by atoms with Crippen molar-refractivity contribution in [1.82, 2.24) is 0 Å². The number of nitrogens with zero attached hydrogens (tertiary/aromatic N) is 1. The van der Waals surface area contributed by atoms with E-state index in [0.717, 1.165) is 12.8 Å². The van der Waals surface area contributed by atoms with Crippen LogP contribution >= 0.6 is 0 Å². The van der Waals surface area contributed by atoms with Gasteiger partial charge in [-0.2, -0.15) is 5.26 Å². The molecule has 1 saturated carbocycles. The summed E-state index contributed by atoms with van der Waals surface area (Å²) in [6.07, 6.45) is 13.0. The number of hydrogen-bond donors (Lipinski definition) is 0. The maximum absolute atomic E-state index is 8.39. The summed E-state index contributed by atoms with van der Waals surface area (Å²) < 4.78 is 0. The monoisotopic (exact) mass is 193 g/mol. The molecule has 1 nitrogen and oxygen atoms in total. The molecular weight excluding hydrogens is 170 g/mol. The van der Waals surface area contributed by atoms with Gasteiger partial charge < -0.3 is 0 Å². The first-order valence-corrected chi connectivity index (χ1v) is 6.14. The van der Waals surface area contributed by atoms with E-state index in [1.54, 1.807) is 0 Å². The van der Waals surface area contributed by atoms with Gasteiger partial charge >= 0.3 is 0 Å². The van der Waals surface area contributed by atoms with Gasteiger partial charge in [0.05, 0.1) is 6.07 Å². The third-order valence-corrected chi connectivity index (χ3v) is 3.63. The Kier molecular flexibility index (Phi) is 5.01. The summed E-state index contributed by atoms with van der Waals surface area (Å²) in [5.41, 5.74) is 0.676. The number of rotatable bonds is 6. The van der Waals surface area contributed by atoms with Gasteiger partial charge in [-0.15, -0.1) is 0 Å². The second-order valence-corrected chi connectivity index (χ2v) is 5.09. The third kappa shape index (κ3) is 4.13. The summed E-state index contributed by atoms with van der Waals surface area (Å²) in [6, 6.07) is 2.21. The van der Waals surface area contributed by atoms with Gasteiger partial charge in [-0.25, -0.2) is 0 Å². The van der Waals surface area contributed by atoms with Crippen LogP contribution in [0.4, 0.5) is 0 Å². The Morgan fingerprint density at radius 1 is 1.07 bits per heavy atom. The molecule has 0 radical (unpaired) electrons. The van der Waals surface area contributed by atoms with Gasteiger partial charge in [0.1, 0.15) is 0 Å². The molecule has 0 aromatic carbocycles. The van der Waals surface area contributed by atoms with Gasteiger partial charge in [0, 0.05) is 6.42 Å². The van der Waals surface area contributed by atoms with Gasteiger partial charge in [-0.1, -0.05) is 39.0 Å². The largest absolute Gasteiger partial charge is 0.198 e. The average molecular weight is 193 g/mol. The lowest BCUT2D eigenvalue weighted by Gasteiger charge is -2.22. The van der Waals surface area contributed by atoms with Crippen LogP contribution in [0.3, 0.4) is 0 Å². The topological polar surface area (TPSA) is 23.8 Å². The van der Waals surface area contributed by atoms with E-state index in [1.807, 2.05) is 0 Å². The smallest absolute Gasteiger partial charge is 0.0621 e. The summed E-state index contributed by atoms with van der Waals surface area (Å²) in [5.74, 6) is 0. The van der Waals surface area contributed by atoms with Crippen molar-refractivity contribution in [3.63, 3.8) is 0 Å². The summed E-state index contributed by atoms with van der Waals surface area (Å²) in [6.45, 7) is 2.45. The van der Waals surface area contributed by atoms with E-state index in [2.05, 4.69) is 13.0 Å². The van der Waals surface area contributed by atoms with Crippen molar-refractivity contribution in [3.8, 4) is 6.07 Å². The highest BCUT2D eigenvalue weighted by molar-refractivity contribution is 4.80. The van der Waals surface area contributed by atoms with Crippen molar-refractivity contribution in [2.45, 2.75) is 71.1 Å². The van der Waals surface area contributed by atoms with E-state index in [9.17, 15) is 0 Å². The summed E-state index contributed by atoms with van der Waals surface area (Å²) in [5, 5.41) is 8.39. The second-order valence-electron chi connectivity index (χ2n) is 5.09. The predicted octanol–water partition coefficient (Wildman–Crippen LogP) is 4.43. The first kappa shape index (κ1) is 11.6. The maximum Gasteiger partial charge on any atom is 0.0621 e. The second kappa shape index (κ2) is 6.06. The summed E-state index contributed by atoms with van der Waals surface area (Å²) in [7, 11) is 0. The molecule has 80 valence electrons. The molecule has 0 bridgehead atoms. The van der Waals surface area contributed by atoms with E-state index in [1.165, 1.54) is 51.4 Å². The number of unbranched alkanes of at least 4 members (excludes halogenated alkanes) is 4. The van der Waals surface area contributed by atoms with Crippen LogP contribution in [0.25, 0.3) is 0 Å². The highest BCUT2D eigenvalue weighted by Crippen LogP contribution is 2.41. The fraction of sp³-hybridized carbons (Fsp3) is 0.923. The Bertz CT molecular complexity index is 184. The zero-order chi connectivity index (χ0) is 10.3.